The Morgan fingerprint density at radius 2 is 1.02 bits per heavy atom. The summed E-state index contributed by atoms with van der Waals surface area (Å²) in [6, 6.07) is 56.0. The fraction of sp³-hybridized carbons (Fsp3) is 0. The topological polar surface area (TPSA) is 21.3 Å². The van der Waals surface area contributed by atoms with Crippen molar-refractivity contribution < 1.29 is 14.0 Å². The van der Waals surface area contributed by atoms with E-state index in [1.165, 1.54) is 0 Å². The van der Waals surface area contributed by atoms with Gasteiger partial charge in [-0.2, -0.15) is 0 Å². The standard InChI is InChI=1S/C56H36N2O/c1-3-18-41-37(15-1)17-13-30-50(41)57(52-27-10-8-23-46(52)47-24-14-25-48-49-36-33-38-16-2-4-20-43(38)55(49)59-56(47)48)40-34-31-39(32-35-40)42-19-5-9-26-51(42)58-53-28-11-6-21-44(53)45-22-7-12-29-54(45)58/h1-36H/i1D,3D,13D,15D,17D,18D,30D. The van der Waals surface area contributed by atoms with Gasteiger partial charge in [0, 0.05) is 54.7 Å². The number of para-hydroxylation sites is 5. The lowest BCUT2D eigenvalue weighted by Gasteiger charge is -2.29. The summed E-state index contributed by atoms with van der Waals surface area (Å²) in [5.74, 6) is 0. The summed E-state index contributed by atoms with van der Waals surface area (Å²) in [5.41, 5.74) is 9.20. The molecule has 0 N–H and O–H groups in total. The van der Waals surface area contributed by atoms with Crippen LogP contribution in [0.5, 0.6) is 0 Å². The van der Waals surface area contributed by atoms with Crippen molar-refractivity contribution in [1.29, 1.82) is 0 Å². The van der Waals surface area contributed by atoms with Gasteiger partial charge in [0.2, 0.25) is 0 Å². The molecule has 12 rings (SSSR count). The number of benzene rings is 10. The maximum atomic E-state index is 9.59. The normalized spacial score (nSPS) is 13.4. The van der Waals surface area contributed by atoms with Crippen LogP contribution >= 0.6 is 0 Å². The van der Waals surface area contributed by atoms with Gasteiger partial charge in [-0.3, -0.25) is 0 Å². The number of nitrogens with zero attached hydrogens (tertiary/aromatic N) is 2. The van der Waals surface area contributed by atoms with Crippen molar-refractivity contribution in [2.45, 2.75) is 0 Å². The second kappa shape index (κ2) is 13.4. The van der Waals surface area contributed by atoms with E-state index in [0.717, 1.165) is 76.9 Å². The molecule has 3 nitrogen and oxygen atoms in total. The van der Waals surface area contributed by atoms with Gasteiger partial charge >= 0.3 is 0 Å². The lowest BCUT2D eigenvalue weighted by Crippen LogP contribution is -2.11. The Morgan fingerprint density at radius 1 is 0.390 bits per heavy atom. The first-order chi connectivity index (χ1) is 32.2. The smallest absolute Gasteiger partial charge is 0.143 e. The van der Waals surface area contributed by atoms with E-state index in [4.69, 9.17) is 11.3 Å². The van der Waals surface area contributed by atoms with Crippen molar-refractivity contribution in [1.82, 2.24) is 4.57 Å². The number of hydrogen-bond donors (Lipinski definition) is 0. The minimum absolute atomic E-state index is 0.0176. The Hall–Kier alpha value is -7.88. The second-order valence-electron chi connectivity index (χ2n) is 14.7. The summed E-state index contributed by atoms with van der Waals surface area (Å²) in [6.45, 7) is 0. The average molecular weight is 760 g/mol. The number of rotatable bonds is 6. The predicted molar refractivity (Wildman–Crippen MR) is 249 cm³/mol. The second-order valence-corrected chi connectivity index (χ2v) is 14.7. The van der Waals surface area contributed by atoms with Crippen LogP contribution in [-0.4, -0.2) is 4.57 Å². The zero-order valence-electron chi connectivity index (χ0n) is 38.5. The third-order valence-electron chi connectivity index (χ3n) is 11.5. The number of furan rings is 1. The molecule has 0 amide bonds. The number of aromatic nitrogens is 1. The molecule has 0 saturated carbocycles. The molecular formula is C56H36N2O. The van der Waals surface area contributed by atoms with E-state index in [9.17, 15) is 2.74 Å². The minimum atomic E-state index is -0.508. The highest BCUT2D eigenvalue weighted by Gasteiger charge is 2.23. The largest absolute Gasteiger partial charge is 0.455 e. The van der Waals surface area contributed by atoms with Gasteiger partial charge in [-0.15, -0.1) is 0 Å². The number of anilines is 3. The molecule has 0 aliphatic rings. The molecule has 0 bridgehead atoms. The Bertz CT molecular complexity index is 3930. The molecule has 276 valence electrons. The van der Waals surface area contributed by atoms with Crippen LogP contribution in [0.1, 0.15) is 9.60 Å². The van der Waals surface area contributed by atoms with Crippen LogP contribution in [0.2, 0.25) is 0 Å². The summed E-state index contributed by atoms with van der Waals surface area (Å²) in [6.07, 6.45) is 0. The van der Waals surface area contributed by atoms with Crippen molar-refractivity contribution in [3.05, 3.63) is 218 Å². The molecule has 0 fully saturated rings. The van der Waals surface area contributed by atoms with E-state index < -0.39 is 36.3 Å². The summed E-state index contributed by atoms with van der Waals surface area (Å²) in [5, 5.41) is 6.11. The number of fused-ring (bicyclic) bond motifs is 9. The molecule has 0 spiro atoms. The summed E-state index contributed by atoms with van der Waals surface area (Å²) < 4.78 is 72.4. The Balaban J connectivity index is 1.11. The van der Waals surface area contributed by atoms with Gasteiger partial charge in [-0.1, -0.05) is 170 Å². The Kier molecular flexibility index (Phi) is 6.09. The SMILES string of the molecule is [2H]c1c([2H])c([2H])c2c(N(c3ccc(-c4ccccc4-n4c5ccccc5c5ccccc54)cc3)c3ccccc3-c3cccc4c3oc3c5ccccc5ccc43)c([2H])c([2H])c([2H])c2c1[2H]. The maximum absolute atomic E-state index is 9.59. The Labute approximate surface area is 351 Å². The molecule has 3 heteroatoms. The molecule has 12 aromatic rings. The summed E-state index contributed by atoms with van der Waals surface area (Å²) in [7, 11) is 0. The predicted octanol–water partition coefficient (Wildman–Crippen LogP) is 15.8. The lowest BCUT2D eigenvalue weighted by molar-refractivity contribution is 0.674. The van der Waals surface area contributed by atoms with Gasteiger partial charge in [0.05, 0.1) is 37.7 Å². The van der Waals surface area contributed by atoms with Gasteiger partial charge in [-0.05, 0) is 64.8 Å². The molecule has 2 aromatic heterocycles. The number of hydrogen-bond acceptors (Lipinski definition) is 2. The van der Waals surface area contributed by atoms with Crippen molar-refractivity contribution in [3.8, 4) is 27.9 Å². The first kappa shape index (κ1) is 26.9. The zero-order chi connectivity index (χ0) is 45.0. The quantitative estimate of drug-likeness (QED) is 0.168. The molecule has 0 unspecified atom stereocenters. The van der Waals surface area contributed by atoms with E-state index in [0.29, 0.717) is 17.0 Å². The monoisotopic (exact) mass is 759 g/mol. The first-order valence-corrected chi connectivity index (χ1v) is 19.6. The third-order valence-corrected chi connectivity index (χ3v) is 11.5. The minimum Gasteiger partial charge on any atom is -0.455 e. The van der Waals surface area contributed by atoms with Crippen LogP contribution in [0.4, 0.5) is 17.1 Å². The van der Waals surface area contributed by atoms with Crippen LogP contribution in [-0.2, 0) is 0 Å². The van der Waals surface area contributed by atoms with Crippen molar-refractivity contribution in [2.24, 2.45) is 0 Å². The lowest BCUT2D eigenvalue weighted by atomic mass is 9.98. The van der Waals surface area contributed by atoms with Crippen molar-refractivity contribution in [3.63, 3.8) is 0 Å². The highest BCUT2D eigenvalue weighted by molar-refractivity contribution is 6.18. The van der Waals surface area contributed by atoms with Crippen LogP contribution in [0, 0.1) is 0 Å². The molecule has 0 saturated heterocycles. The van der Waals surface area contributed by atoms with E-state index in [-0.39, 0.29) is 22.5 Å². The summed E-state index contributed by atoms with van der Waals surface area (Å²) in [4.78, 5) is 1.80. The van der Waals surface area contributed by atoms with E-state index >= 15 is 0 Å². The molecule has 0 atom stereocenters. The van der Waals surface area contributed by atoms with Gasteiger partial charge in [0.25, 0.3) is 0 Å². The Morgan fingerprint density at radius 3 is 1.85 bits per heavy atom. The van der Waals surface area contributed by atoms with E-state index in [1.54, 1.807) is 4.90 Å². The molecule has 59 heavy (non-hydrogen) atoms. The van der Waals surface area contributed by atoms with Gasteiger partial charge in [0.15, 0.2) is 0 Å². The van der Waals surface area contributed by atoms with Crippen molar-refractivity contribution >= 4 is 82.4 Å². The van der Waals surface area contributed by atoms with E-state index in [1.807, 2.05) is 91.0 Å². The summed E-state index contributed by atoms with van der Waals surface area (Å²) >= 11 is 0. The first-order valence-electron chi connectivity index (χ1n) is 23.1. The molecule has 0 radical (unpaired) electrons. The highest BCUT2D eigenvalue weighted by atomic mass is 16.3. The molecular weight excluding hydrogens is 717 g/mol. The van der Waals surface area contributed by atoms with Crippen LogP contribution < -0.4 is 4.90 Å². The fourth-order valence-corrected chi connectivity index (χ4v) is 8.88. The maximum Gasteiger partial charge on any atom is 0.143 e. The average Bonchev–Trinajstić information content (AvgIpc) is 3.92. The van der Waals surface area contributed by atoms with E-state index in [2.05, 4.69) is 89.5 Å². The molecule has 2 heterocycles. The molecule has 0 aliphatic carbocycles. The van der Waals surface area contributed by atoms with Crippen LogP contribution in [0.3, 0.4) is 0 Å². The van der Waals surface area contributed by atoms with Crippen molar-refractivity contribution in [2.75, 3.05) is 4.90 Å². The van der Waals surface area contributed by atoms with Crippen LogP contribution in [0.25, 0.3) is 93.2 Å². The molecule has 0 aliphatic heterocycles. The van der Waals surface area contributed by atoms with Gasteiger partial charge in [0.1, 0.15) is 11.2 Å². The van der Waals surface area contributed by atoms with Gasteiger partial charge < -0.3 is 13.9 Å². The van der Waals surface area contributed by atoms with Gasteiger partial charge in [-0.25, -0.2) is 0 Å². The third kappa shape index (κ3) is 5.22. The van der Waals surface area contributed by atoms with Crippen LogP contribution in [0.15, 0.2) is 223 Å². The molecule has 10 aromatic carbocycles. The highest BCUT2D eigenvalue weighted by Crippen LogP contribution is 2.47. The fourth-order valence-electron chi connectivity index (χ4n) is 8.88. The zero-order valence-corrected chi connectivity index (χ0v) is 31.5.